The fourth-order valence-electron chi connectivity index (χ4n) is 1.42. The lowest BCUT2D eigenvalue weighted by Crippen LogP contribution is -2.39. The Morgan fingerprint density at radius 1 is 1.05 bits per heavy atom. The maximum Gasteiger partial charge on any atom is 0.199 e. The number of hydrogen-bond donors (Lipinski definition) is 5. The molecular formula is C12H16ClN5O2. The van der Waals surface area contributed by atoms with Gasteiger partial charge in [0, 0.05) is 16.8 Å². The zero-order valence-corrected chi connectivity index (χ0v) is 11.9. The number of rotatable bonds is 3. The van der Waals surface area contributed by atoms with Gasteiger partial charge in [0.15, 0.2) is 23.5 Å². The number of nitrogens with one attached hydrogen (secondary N) is 4. The first-order valence-corrected chi connectivity index (χ1v) is 5.43. The number of benzene rings is 1. The third-order valence-electron chi connectivity index (χ3n) is 2.28. The van der Waals surface area contributed by atoms with Gasteiger partial charge in [0.25, 0.3) is 0 Å². The van der Waals surface area contributed by atoms with Crippen LogP contribution >= 0.6 is 12.4 Å². The lowest BCUT2D eigenvalue weighted by atomic mass is 10.0. The van der Waals surface area contributed by atoms with Gasteiger partial charge >= 0.3 is 0 Å². The van der Waals surface area contributed by atoms with Crippen molar-refractivity contribution < 1.29 is 9.59 Å². The molecule has 0 fully saturated rings. The Bertz CT molecular complexity index is 539. The van der Waals surface area contributed by atoms with Crippen molar-refractivity contribution in [1.82, 2.24) is 5.32 Å². The van der Waals surface area contributed by atoms with E-state index in [-0.39, 0.29) is 35.9 Å². The first kappa shape index (κ1) is 17.6. The predicted molar refractivity (Wildman–Crippen MR) is 80.1 cm³/mol. The van der Waals surface area contributed by atoms with Crippen molar-refractivity contribution in [2.45, 2.75) is 13.8 Å². The topological polar surface area (TPSA) is 132 Å². The van der Waals surface area contributed by atoms with Gasteiger partial charge in [-0.3, -0.25) is 25.7 Å². The van der Waals surface area contributed by atoms with E-state index in [1.54, 1.807) is 0 Å². The lowest BCUT2D eigenvalue weighted by molar-refractivity contribution is 0.101. The van der Waals surface area contributed by atoms with Crippen LogP contribution in [0.4, 0.5) is 5.69 Å². The highest BCUT2D eigenvalue weighted by Gasteiger charge is 2.09. The maximum atomic E-state index is 11.4. The van der Waals surface area contributed by atoms with E-state index in [9.17, 15) is 9.59 Å². The van der Waals surface area contributed by atoms with Crippen LogP contribution in [-0.4, -0.2) is 23.5 Å². The molecule has 8 heteroatoms. The van der Waals surface area contributed by atoms with Crippen LogP contribution in [0.15, 0.2) is 18.2 Å². The van der Waals surface area contributed by atoms with Crippen LogP contribution in [0.5, 0.6) is 0 Å². The smallest absolute Gasteiger partial charge is 0.199 e. The summed E-state index contributed by atoms with van der Waals surface area (Å²) in [6.07, 6.45) is 0. The summed E-state index contributed by atoms with van der Waals surface area (Å²) >= 11 is 0. The van der Waals surface area contributed by atoms with Gasteiger partial charge in [0.1, 0.15) is 0 Å². The van der Waals surface area contributed by atoms with Gasteiger partial charge in [-0.05, 0) is 32.0 Å². The lowest BCUT2D eigenvalue weighted by Gasteiger charge is -2.11. The van der Waals surface area contributed by atoms with Gasteiger partial charge in [-0.1, -0.05) is 0 Å². The number of halogens is 1. The monoisotopic (exact) mass is 297 g/mol. The summed E-state index contributed by atoms with van der Waals surface area (Å²) in [5.41, 5.74) is 6.22. The van der Waals surface area contributed by atoms with Gasteiger partial charge in [-0.15, -0.1) is 12.4 Å². The van der Waals surface area contributed by atoms with E-state index in [1.165, 1.54) is 32.0 Å². The molecular weight excluding hydrogens is 282 g/mol. The minimum absolute atomic E-state index is 0. The number of guanidine groups is 2. The zero-order chi connectivity index (χ0) is 14.6. The second kappa shape index (κ2) is 7.25. The zero-order valence-electron chi connectivity index (χ0n) is 11.0. The van der Waals surface area contributed by atoms with Crippen molar-refractivity contribution >= 4 is 41.6 Å². The summed E-state index contributed by atoms with van der Waals surface area (Å²) in [6.45, 7) is 2.78. The van der Waals surface area contributed by atoms with Crippen molar-refractivity contribution in [3.05, 3.63) is 29.3 Å². The minimum atomic E-state index is -0.382. The Hall–Kier alpha value is -2.41. The molecule has 0 heterocycles. The molecule has 7 nitrogen and oxygen atoms in total. The largest absolute Gasteiger partial charge is 0.370 e. The highest BCUT2D eigenvalue weighted by Crippen LogP contribution is 2.16. The quantitative estimate of drug-likeness (QED) is 0.326. The van der Waals surface area contributed by atoms with Crippen LogP contribution in [0.25, 0.3) is 0 Å². The predicted octanol–water partition coefficient (Wildman–Crippen LogP) is 1.34. The molecule has 0 radical (unpaired) electrons. The molecule has 0 unspecified atom stereocenters. The van der Waals surface area contributed by atoms with Crippen molar-refractivity contribution in [2.75, 3.05) is 5.32 Å². The molecule has 1 rings (SSSR count). The summed E-state index contributed by atoms with van der Waals surface area (Å²) in [5.74, 6) is -0.968. The molecule has 0 aliphatic rings. The summed E-state index contributed by atoms with van der Waals surface area (Å²) < 4.78 is 0. The van der Waals surface area contributed by atoms with E-state index in [1.807, 2.05) is 0 Å². The van der Waals surface area contributed by atoms with E-state index in [4.69, 9.17) is 16.6 Å². The van der Waals surface area contributed by atoms with Gasteiger partial charge in [0.05, 0.1) is 0 Å². The summed E-state index contributed by atoms with van der Waals surface area (Å²) in [6, 6.07) is 4.54. The fourth-order valence-corrected chi connectivity index (χ4v) is 1.42. The molecule has 1 aromatic rings. The van der Waals surface area contributed by atoms with E-state index in [0.717, 1.165) is 0 Å². The molecule has 0 aromatic heterocycles. The molecule has 20 heavy (non-hydrogen) atoms. The minimum Gasteiger partial charge on any atom is -0.370 e. The SMILES string of the molecule is CC(=O)c1cc(NC(=N)NC(=N)N)cc(C(C)=O)c1.Cl. The standard InChI is InChI=1S/C12H15N5O2.ClH/c1-6(18)8-3-9(7(2)19)5-10(4-8)16-12(15)17-11(13)14;/h3-5H,1-2H3,(H6,13,14,15,16,17);1H. The average Bonchev–Trinajstić information content (AvgIpc) is 2.26. The van der Waals surface area contributed by atoms with Crippen LogP contribution in [0.3, 0.4) is 0 Å². The van der Waals surface area contributed by atoms with Crippen LogP contribution in [0.1, 0.15) is 34.6 Å². The summed E-state index contributed by atoms with van der Waals surface area (Å²) in [4.78, 5) is 22.7. The van der Waals surface area contributed by atoms with Crippen molar-refractivity contribution in [1.29, 1.82) is 10.8 Å². The number of ketones is 2. The molecule has 0 saturated heterocycles. The average molecular weight is 298 g/mol. The Kier molecular flexibility index (Phi) is 6.37. The van der Waals surface area contributed by atoms with Gasteiger partial charge in [-0.2, -0.15) is 0 Å². The van der Waals surface area contributed by atoms with Gasteiger partial charge in [-0.25, -0.2) is 0 Å². The second-order valence-electron chi connectivity index (χ2n) is 3.95. The van der Waals surface area contributed by atoms with E-state index < -0.39 is 0 Å². The highest BCUT2D eigenvalue weighted by atomic mass is 35.5. The molecule has 0 bridgehead atoms. The summed E-state index contributed by atoms with van der Waals surface area (Å²) in [7, 11) is 0. The number of nitrogens with two attached hydrogens (primary N) is 1. The first-order valence-electron chi connectivity index (χ1n) is 5.43. The number of carbonyl (C=O) groups is 2. The van der Waals surface area contributed by atoms with Crippen LogP contribution < -0.4 is 16.4 Å². The second-order valence-corrected chi connectivity index (χ2v) is 3.95. The molecule has 0 aliphatic carbocycles. The molecule has 0 aliphatic heterocycles. The van der Waals surface area contributed by atoms with Gasteiger partial charge < -0.3 is 11.1 Å². The molecule has 0 saturated carbocycles. The molecule has 1 aromatic carbocycles. The highest BCUT2D eigenvalue weighted by molar-refractivity contribution is 6.05. The molecule has 6 N–H and O–H groups in total. The maximum absolute atomic E-state index is 11.4. The van der Waals surface area contributed by atoms with Crippen molar-refractivity contribution in [3.8, 4) is 0 Å². The Labute approximate surface area is 122 Å². The normalized spacial score (nSPS) is 9.10. The van der Waals surface area contributed by atoms with E-state index in [2.05, 4.69) is 10.6 Å². The molecule has 0 spiro atoms. The third kappa shape index (κ3) is 5.07. The van der Waals surface area contributed by atoms with Crippen LogP contribution in [0.2, 0.25) is 0 Å². The van der Waals surface area contributed by atoms with Gasteiger partial charge in [0.2, 0.25) is 0 Å². The Morgan fingerprint density at radius 2 is 1.50 bits per heavy atom. The number of anilines is 1. The molecule has 0 amide bonds. The van der Waals surface area contributed by atoms with Crippen molar-refractivity contribution in [2.24, 2.45) is 5.73 Å². The van der Waals surface area contributed by atoms with Crippen LogP contribution in [-0.2, 0) is 0 Å². The van der Waals surface area contributed by atoms with E-state index in [0.29, 0.717) is 16.8 Å². The number of Topliss-reactive ketones (excluding diaryl/α,β-unsaturated/α-hetero) is 2. The molecule has 0 atom stereocenters. The Morgan fingerprint density at radius 3 is 1.85 bits per heavy atom. The van der Waals surface area contributed by atoms with Crippen LogP contribution in [0, 0.1) is 10.8 Å². The summed E-state index contributed by atoms with van der Waals surface area (Å²) in [5, 5.41) is 19.4. The van der Waals surface area contributed by atoms with Crippen molar-refractivity contribution in [3.63, 3.8) is 0 Å². The fraction of sp³-hybridized carbons (Fsp3) is 0.167. The number of carbonyl (C=O) groups excluding carboxylic acids is 2. The third-order valence-corrected chi connectivity index (χ3v) is 2.28. The Balaban J connectivity index is 0.00000361. The first-order chi connectivity index (χ1) is 8.79. The molecule has 108 valence electrons. The van der Waals surface area contributed by atoms with E-state index >= 15 is 0 Å². The number of hydrogen-bond acceptors (Lipinski definition) is 4.